The molecule has 1 N–H and O–H groups in total. The molecule has 4 nitrogen and oxygen atoms in total. The van der Waals surface area contributed by atoms with Gasteiger partial charge in [0, 0.05) is 5.70 Å². The number of carbonyl (C=O) groups is 1. The van der Waals surface area contributed by atoms with E-state index in [2.05, 4.69) is 17.2 Å². The van der Waals surface area contributed by atoms with Gasteiger partial charge in [-0.25, -0.2) is 9.79 Å². The minimum absolute atomic E-state index is 0.305. The molecule has 0 bridgehead atoms. The molecule has 2 rings (SSSR count). The quantitative estimate of drug-likeness (QED) is 0.867. The van der Waals surface area contributed by atoms with Gasteiger partial charge in [0.1, 0.15) is 6.04 Å². The molecular weight excluding hydrogens is 284 g/mol. The second-order valence-electron chi connectivity index (χ2n) is 4.56. The van der Waals surface area contributed by atoms with Crippen LogP contribution in [0.5, 0.6) is 0 Å². The molecule has 1 atom stereocenters. The number of aliphatic imine (C=N–C) groups is 1. The molecule has 0 amide bonds. The first-order chi connectivity index (χ1) is 10.2. The first-order valence-electron chi connectivity index (χ1n) is 7.07. The molecule has 1 aromatic carbocycles. The fourth-order valence-electron chi connectivity index (χ4n) is 2.21. The maximum absolute atomic E-state index is 12.3. The summed E-state index contributed by atoms with van der Waals surface area (Å²) in [4.78, 5) is 16.9. The number of hydrogen-bond acceptors (Lipinski definition) is 5. The van der Waals surface area contributed by atoms with Gasteiger partial charge in [0.2, 0.25) is 0 Å². The Balaban J connectivity index is 2.41. The standard InChI is InChI=1S/C16H20N2O2S/c1-4-20-15(19)13-11(3)17-16(21-5-2)18-14(13)12-9-7-6-8-10-12/h6-10,14H,4-5H2,1-3H3,(H,17,18)/t14-/m1/s1. The van der Waals surface area contributed by atoms with Crippen LogP contribution in [0.2, 0.25) is 0 Å². The van der Waals surface area contributed by atoms with Crippen LogP contribution in [0.15, 0.2) is 46.6 Å². The van der Waals surface area contributed by atoms with Crippen LogP contribution in [0, 0.1) is 0 Å². The SMILES string of the molecule is CCOC(=O)C1=C(C)NC(SCC)=N[C@@H]1c1ccccc1. The Morgan fingerprint density at radius 2 is 2.05 bits per heavy atom. The van der Waals surface area contributed by atoms with Crippen LogP contribution in [0.25, 0.3) is 0 Å². The lowest BCUT2D eigenvalue weighted by Crippen LogP contribution is -2.30. The van der Waals surface area contributed by atoms with Gasteiger partial charge in [-0.2, -0.15) is 0 Å². The molecule has 0 radical (unpaired) electrons. The van der Waals surface area contributed by atoms with E-state index in [1.165, 1.54) is 0 Å². The Morgan fingerprint density at radius 3 is 2.67 bits per heavy atom. The first-order valence-corrected chi connectivity index (χ1v) is 8.06. The van der Waals surface area contributed by atoms with Crippen molar-refractivity contribution in [3.05, 3.63) is 47.2 Å². The summed E-state index contributed by atoms with van der Waals surface area (Å²) in [7, 11) is 0. The number of nitrogens with one attached hydrogen (secondary N) is 1. The van der Waals surface area contributed by atoms with Crippen LogP contribution in [0.4, 0.5) is 0 Å². The van der Waals surface area contributed by atoms with Gasteiger partial charge in [0.15, 0.2) is 5.17 Å². The number of carbonyl (C=O) groups excluding carboxylic acids is 1. The molecule has 112 valence electrons. The summed E-state index contributed by atoms with van der Waals surface area (Å²) in [6.07, 6.45) is 0. The minimum Gasteiger partial charge on any atom is -0.463 e. The van der Waals surface area contributed by atoms with Gasteiger partial charge in [0.25, 0.3) is 0 Å². The van der Waals surface area contributed by atoms with Crippen molar-refractivity contribution < 1.29 is 9.53 Å². The maximum atomic E-state index is 12.3. The van der Waals surface area contributed by atoms with Gasteiger partial charge in [-0.1, -0.05) is 49.0 Å². The van der Waals surface area contributed by atoms with Crippen LogP contribution in [0.3, 0.4) is 0 Å². The molecule has 0 spiro atoms. The summed E-state index contributed by atoms with van der Waals surface area (Å²) < 4.78 is 5.19. The van der Waals surface area contributed by atoms with Crippen molar-refractivity contribution in [2.24, 2.45) is 4.99 Å². The van der Waals surface area contributed by atoms with Crippen molar-refractivity contribution in [2.75, 3.05) is 12.4 Å². The largest absolute Gasteiger partial charge is 0.463 e. The Bertz CT molecular complexity index is 567. The van der Waals surface area contributed by atoms with E-state index in [4.69, 9.17) is 4.74 Å². The minimum atomic E-state index is -0.305. The number of rotatable bonds is 4. The molecule has 1 aromatic rings. The van der Waals surface area contributed by atoms with Gasteiger partial charge in [0.05, 0.1) is 12.2 Å². The second-order valence-corrected chi connectivity index (χ2v) is 5.82. The molecule has 0 saturated carbocycles. The molecular formula is C16H20N2O2S. The summed E-state index contributed by atoms with van der Waals surface area (Å²) in [6.45, 7) is 6.14. The van der Waals surface area contributed by atoms with E-state index in [9.17, 15) is 4.79 Å². The number of hydrogen-bond donors (Lipinski definition) is 1. The molecule has 1 aliphatic rings. The Kier molecular flexibility index (Phi) is 5.44. The number of allylic oxidation sites excluding steroid dienone is 1. The lowest BCUT2D eigenvalue weighted by Gasteiger charge is -2.25. The van der Waals surface area contributed by atoms with Crippen LogP contribution in [0.1, 0.15) is 32.4 Å². The lowest BCUT2D eigenvalue weighted by atomic mass is 9.97. The fourth-order valence-corrected chi connectivity index (χ4v) is 2.89. The van der Waals surface area contributed by atoms with Crippen molar-refractivity contribution >= 4 is 22.9 Å². The van der Waals surface area contributed by atoms with Gasteiger partial charge in [-0.15, -0.1) is 0 Å². The normalized spacial score (nSPS) is 18.0. The van der Waals surface area contributed by atoms with Gasteiger partial charge < -0.3 is 10.1 Å². The van der Waals surface area contributed by atoms with Crippen LogP contribution in [-0.2, 0) is 9.53 Å². The number of ether oxygens (including phenoxy) is 1. The smallest absolute Gasteiger partial charge is 0.338 e. The highest BCUT2D eigenvalue weighted by atomic mass is 32.2. The van der Waals surface area contributed by atoms with E-state index in [0.29, 0.717) is 12.2 Å². The molecule has 0 saturated heterocycles. The molecule has 0 aliphatic carbocycles. The number of amidine groups is 1. The highest BCUT2D eigenvalue weighted by Crippen LogP contribution is 2.32. The topological polar surface area (TPSA) is 50.7 Å². The van der Waals surface area contributed by atoms with Gasteiger partial charge in [-0.05, 0) is 25.2 Å². The van der Waals surface area contributed by atoms with Crippen molar-refractivity contribution in [3.8, 4) is 0 Å². The first kappa shape index (κ1) is 15.6. The zero-order valence-electron chi connectivity index (χ0n) is 12.6. The van der Waals surface area contributed by atoms with E-state index < -0.39 is 0 Å². The molecule has 0 aromatic heterocycles. The predicted molar refractivity (Wildman–Crippen MR) is 87.2 cm³/mol. The van der Waals surface area contributed by atoms with E-state index in [1.54, 1.807) is 11.8 Å². The highest BCUT2D eigenvalue weighted by molar-refractivity contribution is 8.13. The maximum Gasteiger partial charge on any atom is 0.338 e. The van der Waals surface area contributed by atoms with Crippen LogP contribution < -0.4 is 5.32 Å². The number of thioether (sulfide) groups is 1. The van der Waals surface area contributed by atoms with E-state index in [1.807, 2.05) is 44.2 Å². The Labute approximate surface area is 129 Å². The van der Waals surface area contributed by atoms with E-state index in [0.717, 1.165) is 22.2 Å². The summed E-state index contributed by atoms with van der Waals surface area (Å²) in [5.41, 5.74) is 2.40. The van der Waals surface area contributed by atoms with Crippen molar-refractivity contribution in [1.29, 1.82) is 0 Å². The summed E-state index contributed by atoms with van der Waals surface area (Å²) in [6, 6.07) is 9.53. The third-order valence-electron chi connectivity index (χ3n) is 3.11. The second kappa shape index (κ2) is 7.31. The van der Waals surface area contributed by atoms with Gasteiger partial charge in [-0.3, -0.25) is 0 Å². The average Bonchev–Trinajstić information content (AvgIpc) is 2.48. The molecule has 1 heterocycles. The zero-order chi connectivity index (χ0) is 15.2. The Hall–Kier alpha value is -1.75. The predicted octanol–water partition coefficient (Wildman–Crippen LogP) is 3.28. The number of nitrogens with zero attached hydrogens (tertiary/aromatic N) is 1. The van der Waals surface area contributed by atoms with Crippen molar-refractivity contribution in [1.82, 2.24) is 5.32 Å². The molecule has 21 heavy (non-hydrogen) atoms. The summed E-state index contributed by atoms with van der Waals surface area (Å²) in [5, 5.41) is 4.04. The molecule has 0 unspecified atom stereocenters. The monoisotopic (exact) mass is 304 g/mol. The average molecular weight is 304 g/mol. The number of esters is 1. The number of benzene rings is 1. The van der Waals surface area contributed by atoms with Gasteiger partial charge >= 0.3 is 5.97 Å². The molecule has 0 fully saturated rings. The van der Waals surface area contributed by atoms with Crippen molar-refractivity contribution in [3.63, 3.8) is 0 Å². The van der Waals surface area contributed by atoms with E-state index in [-0.39, 0.29) is 12.0 Å². The van der Waals surface area contributed by atoms with Crippen LogP contribution >= 0.6 is 11.8 Å². The molecule has 1 aliphatic heterocycles. The fraction of sp³-hybridized carbons (Fsp3) is 0.375. The third kappa shape index (κ3) is 3.67. The molecule has 5 heteroatoms. The van der Waals surface area contributed by atoms with E-state index >= 15 is 0 Å². The summed E-state index contributed by atoms with van der Waals surface area (Å²) >= 11 is 1.63. The summed E-state index contributed by atoms with van der Waals surface area (Å²) in [5.74, 6) is 0.621. The Morgan fingerprint density at radius 1 is 1.33 bits per heavy atom. The van der Waals surface area contributed by atoms with Crippen molar-refractivity contribution in [2.45, 2.75) is 26.8 Å². The van der Waals surface area contributed by atoms with Crippen LogP contribution in [-0.4, -0.2) is 23.5 Å². The zero-order valence-corrected chi connectivity index (χ0v) is 13.4. The highest BCUT2D eigenvalue weighted by Gasteiger charge is 2.29. The lowest BCUT2D eigenvalue weighted by molar-refractivity contribution is -0.138. The third-order valence-corrected chi connectivity index (χ3v) is 3.88.